The molecule has 3 rings (SSSR count). The molecule has 0 bridgehead atoms. The molecular formula is C19H14Cl2N2O5. The molecule has 0 saturated heterocycles. The van der Waals surface area contributed by atoms with Crippen LogP contribution in [-0.4, -0.2) is 32.1 Å². The highest BCUT2D eigenvalue weighted by Gasteiger charge is 2.04. The van der Waals surface area contributed by atoms with E-state index >= 15 is 0 Å². The van der Waals surface area contributed by atoms with Crippen LogP contribution in [0.5, 0.6) is 5.88 Å². The van der Waals surface area contributed by atoms with E-state index in [0.29, 0.717) is 22.7 Å². The van der Waals surface area contributed by atoms with E-state index in [0.717, 1.165) is 5.56 Å². The van der Waals surface area contributed by atoms with E-state index in [2.05, 4.69) is 9.97 Å². The first-order chi connectivity index (χ1) is 13.3. The van der Waals surface area contributed by atoms with Gasteiger partial charge < -0.3 is 14.9 Å². The molecule has 144 valence electrons. The van der Waals surface area contributed by atoms with Gasteiger partial charge in [-0.1, -0.05) is 35.3 Å². The lowest BCUT2D eigenvalue weighted by Crippen LogP contribution is -2.00. The minimum Gasteiger partial charge on any atom is -0.478 e. The molecule has 2 aromatic heterocycles. The molecule has 7 nitrogen and oxygen atoms in total. The monoisotopic (exact) mass is 420 g/mol. The van der Waals surface area contributed by atoms with Gasteiger partial charge in [0.2, 0.25) is 5.88 Å². The third-order valence-corrected chi connectivity index (χ3v) is 3.69. The third kappa shape index (κ3) is 6.86. The molecule has 1 aromatic carbocycles. The topological polar surface area (TPSA) is 110 Å². The Balaban J connectivity index is 0.000000237. The largest absolute Gasteiger partial charge is 0.478 e. The second-order valence-corrected chi connectivity index (χ2v) is 6.11. The van der Waals surface area contributed by atoms with E-state index in [9.17, 15) is 9.59 Å². The zero-order valence-electron chi connectivity index (χ0n) is 14.3. The van der Waals surface area contributed by atoms with E-state index in [4.69, 9.17) is 38.2 Å². The van der Waals surface area contributed by atoms with Crippen molar-refractivity contribution < 1.29 is 24.5 Å². The summed E-state index contributed by atoms with van der Waals surface area (Å²) in [5, 5.41) is 18.1. The van der Waals surface area contributed by atoms with Crippen molar-refractivity contribution in [2.24, 2.45) is 0 Å². The molecule has 0 atom stereocenters. The summed E-state index contributed by atoms with van der Waals surface area (Å²) in [5.74, 6) is -1.63. The minimum absolute atomic E-state index is 0.130. The Morgan fingerprint density at radius 2 is 1.54 bits per heavy atom. The molecule has 0 amide bonds. The van der Waals surface area contributed by atoms with E-state index in [-0.39, 0.29) is 11.1 Å². The van der Waals surface area contributed by atoms with Gasteiger partial charge in [-0.2, -0.15) is 0 Å². The lowest BCUT2D eigenvalue weighted by molar-refractivity contribution is 0.0685. The second-order valence-electron chi connectivity index (χ2n) is 5.28. The Morgan fingerprint density at radius 1 is 0.893 bits per heavy atom. The molecule has 2 N–H and O–H groups in total. The third-order valence-electron chi connectivity index (χ3n) is 3.23. The first kappa shape index (κ1) is 21.1. The molecule has 0 aliphatic heterocycles. The smallest absolute Gasteiger partial charge is 0.337 e. The van der Waals surface area contributed by atoms with Gasteiger partial charge >= 0.3 is 11.9 Å². The van der Waals surface area contributed by atoms with Gasteiger partial charge in [0.05, 0.1) is 11.1 Å². The summed E-state index contributed by atoms with van der Waals surface area (Å²) in [7, 11) is 0. The lowest BCUT2D eigenvalue weighted by Gasteiger charge is -2.05. The number of rotatable bonds is 5. The van der Waals surface area contributed by atoms with E-state index in [1.807, 2.05) is 12.1 Å². The van der Waals surface area contributed by atoms with Gasteiger partial charge in [0, 0.05) is 23.5 Å². The number of ether oxygens (including phenoxy) is 1. The normalized spacial score (nSPS) is 9.79. The molecule has 0 unspecified atom stereocenters. The van der Waals surface area contributed by atoms with Gasteiger partial charge in [-0.15, -0.1) is 0 Å². The van der Waals surface area contributed by atoms with Crippen LogP contribution in [0, 0.1) is 0 Å². The van der Waals surface area contributed by atoms with Crippen molar-refractivity contribution in [3.63, 3.8) is 0 Å². The van der Waals surface area contributed by atoms with Gasteiger partial charge in [-0.25, -0.2) is 19.6 Å². The SMILES string of the molecule is O=C(O)c1ccc(Cl)nc1.O=C(O)c1ccc(OCc2cccc(Cl)c2)nc1. The highest BCUT2D eigenvalue weighted by Crippen LogP contribution is 2.14. The zero-order chi connectivity index (χ0) is 20.5. The summed E-state index contributed by atoms with van der Waals surface area (Å²) in [6.45, 7) is 0.333. The number of pyridine rings is 2. The Hall–Kier alpha value is -3.16. The number of carboxylic acids is 2. The Kier molecular flexibility index (Phi) is 7.74. The first-order valence-electron chi connectivity index (χ1n) is 7.76. The Bertz CT molecular complexity index is 947. The number of halogens is 2. The fourth-order valence-corrected chi connectivity index (χ4v) is 2.20. The molecule has 0 saturated carbocycles. The minimum atomic E-state index is -1.01. The number of aromatic nitrogens is 2. The van der Waals surface area contributed by atoms with Crippen LogP contribution in [0.1, 0.15) is 26.3 Å². The number of carbonyl (C=O) groups is 2. The highest BCUT2D eigenvalue weighted by atomic mass is 35.5. The maximum Gasteiger partial charge on any atom is 0.337 e. The predicted molar refractivity (Wildman–Crippen MR) is 103 cm³/mol. The fraction of sp³-hybridized carbons (Fsp3) is 0.0526. The summed E-state index contributed by atoms with van der Waals surface area (Å²) in [6.07, 6.45) is 2.47. The molecule has 0 aliphatic carbocycles. The quantitative estimate of drug-likeness (QED) is 0.586. The van der Waals surface area contributed by atoms with Crippen LogP contribution < -0.4 is 4.74 Å². The molecule has 0 spiro atoms. The predicted octanol–water partition coefficient (Wildman–Crippen LogP) is 4.45. The van der Waals surface area contributed by atoms with E-state index < -0.39 is 11.9 Å². The van der Waals surface area contributed by atoms with Crippen molar-refractivity contribution in [1.29, 1.82) is 0 Å². The number of aromatic carboxylic acids is 2. The van der Waals surface area contributed by atoms with E-state index in [1.165, 1.54) is 36.7 Å². The fourth-order valence-electron chi connectivity index (χ4n) is 1.88. The average molecular weight is 421 g/mol. The first-order valence-corrected chi connectivity index (χ1v) is 8.52. The molecule has 2 heterocycles. The van der Waals surface area contributed by atoms with Crippen LogP contribution in [-0.2, 0) is 6.61 Å². The summed E-state index contributed by atoms with van der Waals surface area (Å²) < 4.78 is 5.42. The van der Waals surface area contributed by atoms with Gasteiger partial charge in [-0.3, -0.25) is 0 Å². The summed E-state index contributed by atoms with van der Waals surface area (Å²) in [6, 6.07) is 13.1. The van der Waals surface area contributed by atoms with Gasteiger partial charge in [0.25, 0.3) is 0 Å². The maximum absolute atomic E-state index is 10.6. The van der Waals surface area contributed by atoms with Gasteiger partial charge in [-0.05, 0) is 35.9 Å². The lowest BCUT2D eigenvalue weighted by atomic mass is 10.2. The van der Waals surface area contributed by atoms with Crippen molar-refractivity contribution in [3.8, 4) is 5.88 Å². The number of hydrogen-bond acceptors (Lipinski definition) is 5. The number of benzene rings is 1. The van der Waals surface area contributed by atoms with E-state index in [1.54, 1.807) is 12.1 Å². The zero-order valence-corrected chi connectivity index (χ0v) is 15.8. The number of carboxylic acid groups (broad SMARTS) is 2. The van der Waals surface area contributed by atoms with Crippen molar-refractivity contribution in [1.82, 2.24) is 9.97 Å². The number of nitrogens with zero attached hydrogens (tertiary/aromatic N) is 2. The molecule has 9 heteroatoms. The van der Waals surface area contributed by atoms with Crippen molar-refractivity contribution >= 4 is 35.1 Å². The second kappa shape index (κ2) is 10.2. The molecule has 0 aliphatic rings. The summed E-state index contributed by atoms with van der Waals surface area (Å²) in [5.41, 5.74) is 1.20. The Labute approximate surface area is 170 Å². The van der Waals surface area contributed by atoms with Gasteiger partial charge in [0.1, 0.15) is 11.8 Å². The van der Waals surface area contributed by atoms with Crippen molar-refractivity contribution in [2.75, 3.05) is 0 Å². The van der Waals surface area contributed by atoms with Gasteiger partial charge in [0.15, 0.2) is 0 Å². The number of hydrogen-bond donors (Lipinski definition) is 2. The Morgan fingerprint density at radius 3 is 2.04 bits per heavy atom. The van der Waals surface area contributed by atoms with Crippen LogP contribution in [0.25, 0.3) is 0 Å². The molecule has 0 radical (unpaired) electrons. The average Bonchev–Trinajstić information content (AvgIpc) is 2.67. The molecule has 3 aromatic rings. The van der Waals surface area contributed by atoms with Crippen molar-refractivity contribution in [3.05, 3.63) is 87.8 Å². The van der Waals surface area contributed by atoms with Crippen LogP contribution in [0.4, 0.5) is 0 Å². The van der Waals surface area contributed by atoms with Crippen LogP contribution in [0.2, 0.25) is 10.2 Å². The van der Waals surface area contributed by atoms with Crippen molar-refractivity contribution in [2.45, 2.75) is 6.61 Å². The molecular weight excluding hydrogens is 407 g/mol. The maximum atomic E-state index is 10.6. The molecule has 0 fully saturated rings. The van der Waals surface area contributed by atoms with Crippen LogP contribution >= 0.6 is 23.2 Å². The summed E-state index contributed by atoms with van der Waals surface area (Å²) in [4.78, 5) is 28.3. The van der Waals surface area contributed by atoms with Crippen LogP contribution in [0.3, 0.4) is 0 Å². The molecule has 28 heavy (non-hydrogen) atoms. The highest BCUT2D eigenvalue weighted by molar-refractivity contribution is 6.30. The summed E-state index contributed by atoms with van der Waals surface area (Å²) >= 11 is 11.3. The standard InChI is InChI=1S/C13H10ClNO3.C6H4ClNO2/c14-11-3-1-2-9(6-11)8-18-12-5-4-10(7-15-12)13(16)17;7-5-2-1-4(3-8-5)6(9)10/h1-7H,8H2,(H,16,17);1-3H,(H,9,10). The van der Waals surface area contributed by atoms with Crippen LogP contribution in [0.15, 0.2) is 60.9 Å².